The molecule has 1 aromatic rings. The first-order chi connectivity index (χ1) is 8.16. The van der Waals surface area contributed by atoms with Gasteiger partial charge in [-0.2, -0.15) is 0 Å². The number of hydrogen-bond donors (Lipinski definition) is 1. The summed E-state index contributed by atoms with van der Waals surface area (Å²) in [6.45, 7) is 2.76. The van der Waals surface area contributed by atoms with Crippen LogP contribution in [0.1, 0.15) is 30.1 Å². The lowest BCUT2D eigenvalue weighted by atomic mass is 10.1. The smallest absolute Gasteiger partial charge is 0.251 e. The maximum absolute atomic E-state index is 11.9. The fraction of sp³-hybridized carbons (Fsp3) is 0.462. The molecule has 2 rings (SSSR count). The third kappa shape index (κ3) is 3.20. The Morgan fingerprint density at radius 1 is 1.59 bits per heavy atom. The van der Waals surface area contributed by atoms with E-state index in [1.54, 1.807) is 24.3 Å². The number of halogens is 1. The van der Waals surface area contributed by atoms with Gasteiger partial charge in [0.2, 0.25) is 0 Å². The normalized spacial score (nSPS) is 21.2. The zero-order chi connectivity index (χ0) is 12.3. The van der Waals surface area contributed by atoms with Crippen molar-refractivity contribution in [2.45, 2.75) is 31.9 Å². The molecule has 4 heteroatoms. The van der Waals surface area contributed by atoms with Crippen molar-refractivity contribution in [1.29, 1.82) is 0 Å². The maximum atomic E-state index is 11.9. The second kappa shape index (κ2) is 5.52. The summed E-state index contributed by atoms with van der Waals surface area (Å²) in [4.78, 5) is 11.9. The fourth-order valence-electron chi connectivity index (χ4n) is 2.01. The third-order valence-electron chi connectivity index (χ3n) is 2.97. The lowest BCUT2D eigenvalue weighted by Gasteiger charge is -2.20. The standard InChI is InChI=1S/C13H16ClNO2/c1-9(12-6-3-7-17-12)15-13(16)10-4-2-5-11(14)8-10/h2,4-5,8-9,12H,3,6-7H2,1H3,(H,15,16)/t9-,12-/m0/s1. The lowest BCUT2D eigenvalue weighted by molar-refractivity contribution is 0.0712. The molecule has 0 spiro atoms. The van der Waals surface area contributed by atoms with Crippen LogP contribution in [0.3, 0.4) is 0 Å². The SMILES string of the molecule is C[C@H](NC(=O)c1cccc(Cl)c1)[C@@H]1CCCO1. The molecule has 92 valence electrons. The number of ether oxygens (including phenoxy) is 1. The number of rotatable bonds is 3. The first-order valence-corrected chi connectivity index (χ1v) is 6.22. The van der Waals surface area contributed by atoms with Gasteiger partial charge in [0.15, 0.2) is 0 Å². The Morgan fingerprint density at radius 2 is 2.41 bits per heavy atom. The van der Waals surface area contributed by atoms with Crippen LogP contribution in [0.4, 0.5) is 0 Å². The predicted molar refractivity (Wildman–Crippen MR) is 67.4 cm³/mol. The molecule has 1 fully saturated rings. The number of benzene rings is 1. The molecule has 1 saturated heterocycles. The van der Waals surface area contributed by atoms with Crippen LogP contribution in [-0.4, -0.2) is 24.7 Å². The molecule has 1 heterocycles. The van der Waals surface area contributed by atoms with E-state index in [0.717, 1.165) is 19.4 Å². The monoisotopic (exact) mass is 253 g/mol. The van der Waals surface area contributed by atoms with Crippen LogP contribution in [-0.2, 0) is 4.74 Å². The highest BCUT2D eigenvalue weighted by Crippen LogP contribution is 2.16. The molecule has 1 N–H and O–H groups in total. The van der Waals surface area contributed by atoms with Crippen LogP contribution < -0.4 is 5.32 Å². The van der Waals surface area contributed by atoms with Gasteiger partial charge in [-0.1, -0.05) is 17.7 Å². The van der Waals surface area contributed by atoms with Gasteiger partial charge in [0, 0.05) is 17.2 Å². The molecule has 0 bridgehead atoms. The second-order valence-electron chi connectivity index (χ2n) is 4.32. The Balaban J connectivity index is 1.96. The Labute approximate surface area is 106 Å². The van der Waals surface area contributed by atoms with E-state index in [9.17, 15) is 4.79 Å². The van der Waals surface area contributed by atoms with E-state index < -0.39 is 0 Å². The van der Waals surface area contributed by atoms with Crippen LogP contribution in [0.2, 0.25) is 5.02 Å². The fourth-order valence-corrected chi connectivity index (χ4v) is 2.20. The van der Waals surface area contributed by atoms with Crippen molar-refractivity contribution in [3.8, 4) is 0 Å². The molecule has 0 aromatic heterocycles. The van der Waals surface area contributed by atoms with Crippen molar-refractivity contribution in [1.82, 2.24) is 5.32 Å². The van der Waals surface area contributed by atoms with Gasteiger partial charge in [-0.05, 0) is 38.0 Å². The zero-order valence-corrected chi connectivity index (χ0v) is 10.5. The molecule has 1 amide bonds. The minimum absolute atomic E-state index is 0.0315. The minimum Gasteiger partial charge on any atom is -0.376 e. The van der Waals surface area contributed by atoms with Gasteiger partial charge < -0.3 is 10.1 Å². The molecule has 2 atom stereocenters. The van der Waals surface area contributed by atoms with E-state index in [-0.39, 0.29) is 18.1 Å². The van der Waals surface area contributed by atoms with Gasteiger partial charge in [0.05, 0.1) is 12.1 Å². The number of hydrogen-bond acceptors (Lipinski definition) is 2. The van der Waals surface area contributed by atoms with Crippen molar-refractivity contribution in [2.24, 2.45) is 0 Å². The molecule has 3 nitrogen and oxygen atoms in total. The summed E-state index contributed by atoms with van der Waals surface area (Å²) >= 11 is 5.85. The Hall–Kier alpha value is -1.06. The third-order valence-corrected chi connectivity index (χ3v) is 3.20. The topological polar surface area (TPSA) is 38.3 Å². The summed E-state index contributed by atoms with van der Waals surface area (Å²) in [5.41, 5.74) is 0.586. The van der Waals surface area contributed by atoms with Gasteiger partial charge in [0.25, 0.3) is 5.91 Å². The van der Waals surface area contributed by atoms with Gasteiger partial charge in [-0.25, -0.2) is 0 Å². The molecule has 0 unspecified atom stereocenters. The summed E-state index contributed by atoms with van der Waals surface area (Å²) < 4.78 is 5.53. The maximum Gasteiger partial charge on any atom is 0.251 e. The molecule has 0 radical (unpaired) electrons. The number of nitrogens with one attached hydrogen (secondary N) is 1. The van der Waals surface area contributed by atoms with Crippen LogP contribution in [0, 0.1) is 0 Å². The number of carbonyl (C=O) groups is 1. The van der Waals surface area contributed by atoms with E-state index >= 15 is 0 Å². The largest absolute Gasteiger partial charge is 0.376 e. The summed E-state index contributed by atoms with van der Waals surface area (Å²) in [6.07, 6.45) is 2.22. The van der Waals surface area contributed by atoms with E-state index in [4.69, 9.17) is 16.3 Å². The van der Waals surface area contributed by atoms with Crippen LogP contribution >= 0.6 is 11.6 Å². The molecule has 0 saturated carbocycles. The van der Waals surface area contributed by atoms with E-state index in [1.165, 1.54) is 0 Å². The summed E-state index contributed by atoms with van der Waals surface area (Å²) in [5, 5.41) is 3.51. The first-order valence-electron chi connectivity index (χ1n) is 5.85. The molecule has 17 heavy (non-hydrogen) atoms. The average Bonchev–Trinajstić information content (AvgIpc) is 2.82. The quantitative estimate of drug-likeness (QED) is 0.899. The van der Waals surface area contributed by atoms with Crippen LogP contribution in [0.5, 0.6) is 0 Å². The summed E-state index contributed by atoms with van der Waals surface area (Å²) in [5.74, 6) is -0.101. The van der Waals surface area contributed by atoms with Crippen LogP contribution in [0.25, 0.3) is 0 Å². The van der Waals surface area contributed by atoms with E-state index in [0.29, 0.717) is 10.6 Å². The van der Waals surface area contributed by atoms with Gasteiger partial charge >= 0.3 is 0 Å². The van der Waals surface area contributed by atoms with Crippen molar-refractivity contribution in [2.75, 3.05) is 6.61 Å². The predicted octanol–water partition coefficient (Wildman–Crippen LogP) is 2.64. The van der Waals surface area contributed by atoms with Gasteiger partial charge in [0.1, 0.15) is 0 Å². The molecular weight excluding hydrogens is 238 g/mol. The van der Waals surface area contributed by atoms with E-state index in [2.05, 4.69) is 5.32 Å². The van der Waals surface area contributed by atoms with Gasteiger partial charge in [-0.15, -0.1) is 0 Å². The molecule has 0 aliphatic carbocycles. The van der Waals surface area contributed by atoms with Crippen molar-refractivity contribution in [3.05, 3.63) is 34.9 Å². The molecule has 1 aliphatic heterocycles. The van der Waals surface area contributed by atoms with Crippen molar-refractivity contribution >= 4 is 17.5 Å². The highest BCUT2D eigenvalue weighted by molar-refractivity contribution is 6.30. The van der Waals surface area contributed by atoms with Crippen molar-refractivity contribution in [3.63, 3.8) is 0 Å². The second-order valence-corrected chi connectivity index (χ2v) is 4.76. The number of amides is 1. The van der Waals surface area contributed by atoms with Crippen molar-refractivity contribution < 1.29 is 9.53 Å². The lowest BCUT2D eigenvalue weighted by Crippen LogP contribution is -2.40. The van der Waals surface area contributed by atoms with Crippen LogP contribution in [0.15, 0.2) is 24.3 Å². The molecular formula is C13H16ClNO2. The Bertz CT molecular complexity index is 402. The average molecular weight is 254 g/mol. The summed E-state index contributed by atoms with van der Waals surface area (Å²) in [7, 11) is 0. The molecule has 1 aromatic carbocycles. The zero-order valence-electron chi connectivity index (χ0n) is 9.78. The first kappa shape index (κ1) is 12.4. The molecule has 1 aliphatic rings. The Morgan fingerprint density at radius 3 is 3.06 bits per heavy atom. The minimum atomic E-state index is -0.101. The van der Waals surface area contributed by atoms with Gasteiger partial charge in [-0.3, -0.25) is 4.79 Å². The number of carbonyl (C=O) groups excluding carboxylic acids is 1. The summed E-state index contributed by atoms with van der Waals surface area (Å²) in [6, 6.07) is 6.97. The highest BCUT2D eigenvalue weighted by atomic mass is 35.5. The van der Waals surface area contributed by atoms with E-state index in [1.807, 2.05) is 6.92 Å². The Kier molecular flexibility index (Phi) is 4.02. The highest BCUT2D eigenvalue weighted by Gasteiger charge is 2.23.